The van der Waals surface area contributed by atoms with E-state index in [1.54, 1.807) is 11.3 Å². The van der Waals surface area contributed by atoms with E-state index < -0.39 is 0 Å². The molecule has 1 aromatic rings. The van der Waals surface area contributed by atoms with Gasteiger partial charge in [0, 0.05) is 22.8 Å². The van der Waals surface area contributed by atoms with Crippen LogP contribution in [0.25, 0.3) is 0 Å². The van der Waals surface area contributed by atoms with Crippen molar-refractivity contribution in [1.29, 1.82) is 0 Å². The third kappa shape index (κ3) is 3.93. The van der Waals surface area contributed by atoms with E-state index >= 15 is 0 Å². The van der Waals surface area contributed by atoms with E-state index in [1.807, 2.05) is 5.38 Å². The molecule has 0 aromatic carbocycles. The molecule has 2 N–H and O–H groups in total. The molecule has 0 saturated carbocycles. The van der Waals surface area contributed by atoms with E-state index in [0.29, 0.717) is 6.04 Å². The van der Waals surface area contributed by atoms with Crippen molar-refractivity contribution in [2.45, 2.75) is 25.4 Å². The highest BCUT2D eigenvalue weighted by Gasteiger charge is 2.16. The summed E-state index contributed by atoms with van der Waals surface area (Å²) >= 11 is 7.61. The van der Waals surface area contributed by atoms with E-state index in [9.17, 15) is 0 Å². The highest BCUT2D eigenvalue weighted by atomic mass is 35.5. The summed E-state index contributed by atoms with van der Waals surface area (Å²) in [6, 6.07) is 2.47. The van der Waals surface area contributed by atoms with Gasteiger partial charge in [-0.05, 0) is 32.0 Å². The van der Waals surface area contributed by atoms with Crippen molar-refractivity contribution in [1.82, 2.24) is 4.90 Å². The van der Waals surface area contributed by atoms with Crippen LogP contribution in [0.5, 0.6) is 0 Å². The molecule has 1 fully saturated rings. The van der Waals surface area contributed by atoms with Crippen molar-refractivity contribution in [3.8, 4) is 0 Å². The number of rotatable bonds is 2. The van der Waals surface area contributed by atoms with Gasteiger partial charge in [-0.25, -0.2) is 0 Å². The molecule has 2 nitrogen and oxygen atoms in total. The first-order valence-electron chi connectivity index (χ1n) is 4.95. The lowest BCUT2D eigenvalue weighted by Gasteiger charge is -2.29. The minimum Gasteiger partial charge on any atom is -0.328 e. The molecule has 0 amide bonds. The van der Waals surface area contributed by atoms with Crippen LogP contribution in [0.2, 0.25) is 5.02 Å². The molecule has 1 aliphatic heterocycles. The predicted molar refractivity (Wildman–Crippen MR) is 69.1 cm³/mol. The fraction of sp³-hybridized carbons (Fsp3) is 0.600. The number of hydrogen-bond donors (Lipinski definition) is 1. The topological polar surface area (TPSA) is 29.3 Å². The van der Waals surface area contributed by atoms with E-state index in [0.717, 1.165) is 37.5 Å². The summed E-state index contributed by atoms with van der Waals surface area (Å²) < 4.78 is 0. The Balaban J connectivity index is 0.00000112. The molecule has 0 spiro atoms. The number of piperidine rings is 1. The summed E-state index contributed by atoms with van der Waals surface area (Å²) in [7, 11) is 0. The molecule has 1 aromatic heterocycles. The Morgan fingerprint density at radius 2 is 2.13 bits per heavy atom. The van der Waals surface area contributed by atoms with Crippen molar-refractivity contribution in [3.63, 3.8) is 0 Å². The number of nitrogens with two attached hydrogens (primary N) is 1. The highest BCUT2D eigenvalue weighted by Crippen LogP contribution is 2.21. The van der Waals surface area contributed by atoms with Crippen LogP contribution >= 0.6 is 35.3 Å². The van der Waals surface area contributed by atoms with Crippen LogP contribution in [0.1, 0.15) is 17.7 Å². The van der Waals surface area contributed by atoms with Gasteiger partial charge in [0.05, 0.1) is 5.02 Å². The zero-order chi connectivity index (χ0) is 9.97. The average molecular weight is 267 g/mol. The average Bonchev–Trinajstić information content (AvgIpc) is 2.56. The molecule has 0 radical (unpaired) electrons. The molecular weight excluding hydrogens is 251 g/mol. The van der Waals surface area contributed by atoms with Crippen LogP contribution in [-0.2, 0) is 6.54 Å². The molecule has 1 saturated heterocycles. The van der Waals surface area contributed by atoms with Crippen molar-refractivity contribution in [2.75, 3.05) is 13.1 Å². The Labute approximate surface area is 106 Å². The summed E-state index contributed by atoms with van der Waals surface area (Å²) in [6.45, 7) is 3.28. The Morgan fingerprint density at radius 1 is 1.47 bits per heavy atom. The normalized spacial score (nSPS) is 18.8. The Morgan fingerprint density at radius 3 is 2.67 bits per heavy atom. The van der Waals surface area contributed by atoms with Gasteiger partial charge >= 0.3 is 0 Å². The van der Waals surface area contributed by atoms with Crippen molar-refractivity contribution in [2.24, 2.45) is 5.73 Å². The van der Waals surface area contributed by atoms with Gasteiger partial charge in [0.1, 0.15) is 0 Å². The second-order valence-corrected chi connectivity index (χ2v) is 5.28. The zero-order valence-electron chi connectivity index (χ0n) is 8.49. The van der Waals surface area contributed by atoms with Gasteiger partial charge in [-0.3, -0.25) is 4.90 Å². The Bertz CT molecular complexity index is 295. The van der Waals surface area contributed by atoms with Gasteiger partial charge in [-0.1, -0.05) is 11.6 Å². The smallest absolute Gasteiger partial charge is 0.0516 e. The van der Waals surface area contributed by atoms with E-state index in [-0.39, 0.29) is 12.4 Å². The second kappa shape index (κ2) is 6.06. The summed E-state index contributed by atoms with van der Waals surface area (Å²) in [5.74, 6) is 0. The number of thiophene rings is 1. The largest absolute Gasteiger partial charge is 0.328 e. The van der Waals surface area contributed by atoms with Gasteiger partial charge < -0.3 is 5.73 Å². The molecular formula is C10H16Cl2N2S. The van der Waals surface area contributed by atoms with Crippen molar-refractivity contribution >= 4 is 35.3 Å². The summed E-state index contributed by atoms with van der Waals surface area (Å²) in [6.07, 6.45) is 2.25. The minimum atomic E-state index is 0. The SMILES string of the molecule is Cl.NC1CCN(Cc2cc(Cl)cs2)CC1. The van der Waals surface area contributed by atoms with Crippen molar-refractivity contribution < 1.29 is 0 Å². The molecule has 2 heterocycles. The Hall–Kier alpha value is 0.200. The van der Waals surface area contributed by atoms with Crippen LogP contribution in [0.15, 0.2) is 11.4 Å². The molecule has 0 bridgehead atoms. The first-order chi connectivity index (χ1) is 6.74. The zero-order valence-corrected chi connectivity index (χ0v) is 10.9. The predicted octanol–water partition coefficient (Wildman–Crippen LogP) is 2.75. The Kier molecular flexibility index (Phi) is 5.36. The molecule has 0 aliphatic carbocycles. The molecule has 15 heavy (non-hydrogen) atoms. The summed E-state index contributed by atoms with van der Waals surface area (Å²) in [5, 5.41) is 2.85. The van der Waals surface area contributed by atoms with E-state index in [1.165, 1.54) is 4.88 Å². The van der Waals surface area contributed by atoms with Gasteiger partial charge in [-0.2, -0.15) is 0 Å². The summed E-state index contributed by atoms with van der Waals surface area (Å²) in [4.78, 5) is 3.80. The summed E-state index contributed by atoms with van der Waals surface area (Å²) in [5.41, 5.74) is 5.85. The molecule has 86 valence electrons. The maximum absolute atomic E-state index is 5.87. The van der Waals surface area contributed by atoms with Crippen molar-refractivity contribution in [3.05, 3.63) is 21.3 Å². The van der Waals surface area contributed by atoms with Crippen LogP contribution in [-0.4, -0.2) is 24.0 Å². The van der Waals surface area contributed by atoms with Crippen LogP contribution in [0.3, 0.4) is 0 Å². The minimum absolute atomic E-state index is 0. The van der Waals surface area contributed by atoms with Gasteiger partial charge in [0.2, 0.25) is 0 Å². The fourth-order valence-corrected chi connectivity index (χ4v) is 2.88. The first-order valence-corrected chi connectivity index (χ1v) is 6.20. The van der Waals surface area contributed by atoms with Crippen LogP contribution in [0, 0.1) is 0 Å². The second-order valence-electron chi connectivity index (χ2n) is 3.84. The lowest BCUT2D eigenvalue weighted by molar-refractivity contribution is 0.207. The van der Waals surface area contributed by atoms with E-state index in [4.69, 9.17) is 17.3 Å². The lowest BCUT2D eigenvalue weighted by atomic mass is 10.1. The maximum atomic E-state index is 5.87. The lowest BCUT2D eigenvalue weighted by Crippen LogP contribution is -2.39. The quantitative estimate of drug-likeness (QED) is 0.892. The third-order valence-corrected chi connectivity index (χ3v) is 3.90. The van der Waals surface area contributed by atoms with E-state index in [2.05, 4.69) is 11.0 Å². The van der Waals surface area contributed by atoms with Gasteiger partial charge in [-0.15, -0.1) is 23.7 Å². The first kappa shape index (κ1) is 13.3. The molecule has 0 atom stereocenters. The fourth-order valence-electron chi connectivity index (χ4n) is 1.77. The third-order valence-electron chi connectivity index (χ3n) is 2.63. The molecule has 5 heteroatoms. The number of likely N-dealkylation sites (tertiary alicyclic amines) is 1. The monoisotopic (exact) mass is 266 g/mol. The standard InChI is InChI=1S/C10H15ClN2S.ClH/c11-8-5-10(14-7-8)6-13-3-1-9(12)2-4-13;/h5,7,9H,1-4,6,12H2;1H. The maximum Gasteiger partial charge on any atom is 0.0516 e. The number of nitrogens with zero attached hydrogens (tertiary/aromatic N) is 1. The van der Waals surface area contributed by atoms with Crippen LogP contribution < -0.4 is 5.73 Å². The van der Waals surface area contributed by atoms with Crippen LogP contribution in [0.4, 0.5) is 0 Å². The van der Waals surface area contributed by atoms with Gasteiger partial charge in [0.25, 0.3) is 0 Å². The molecule has 2 rings (SSSR count). The highest BCUT2D eigenvalue weighted by molar-refractivity contribution is 7.10. The van der Waals surface area contributed by atoms with Gasteiger partial charge in [0.15, 0.2) is 0 Å². The number of hydrogen-bond acceptors (Lipinski definition) is 3. The molecule has 1 aliphatic rings. The number of halogens is 2. The molecule has 0 unspecified atom stereocenters.